The second kappa shape index (κ2) is 7.35. The Balaban J connectivity index is 1.75. The van der Waals surface area contributed by atoms with Crippen molar-refractivity contribution < 1.29 is 9.90 Å². The largest absolute Gasteiger partial charge is 0.389 e. The normalized spacial score (nSPS) is 16.7. The van der Waals surface area contributed by atoms with E-state index in [0.29, 0.717) is 36.1 Å². The van der Waals surface area contributed by atoms with Crippen LogP contribution in [0, 0.1) is 0 Å². The van der Waals surface area contributed by atoms with Gasteiger partial charge in [0, 0.05) is 6.54 Å². The van der Waals surface area contributed by atoms with Crippen LogP contribution in [-0.2, 0) is 11.3 Å². The number of nitrogens with zero attached hydrogens (tertiary/aromatic N) is 2. The molecule has 2 N–H and O–H groups in total. The standard InChI is InChI=1S/C19H25N3O3/c1-2-22(17(23)12-19(25)10-6-3-7-11-19)13-16-20-15-9-5-4-8-14(15)18(24)21-16/h4-5,8-9,25H,2-3,6-7,10-13H2,1H3,(H,20,21,24). The fourth-order valence-corrected chi connectivity index (χ4v) is 3.55. The Morgan fingerprint density at radius 1 is 1.28 bits per heavy atom. The summed E-state index contributed by atoms with van der Waals surface area (Å²) in [6, 6.07) is 7.15. The van der Waals surface area contributed by atoms with Gasteiger partial charge in [-0.2, -0.15) is 0 Å². The zero-order chi connectivity index (χ0) is 17.9. The molecule has 1 aromatic heterocycles. The highest BCUT2D eigenvalue weighted by molar-refractivity contribution is 5.78. The van der Waals surface area contributed by atoms with Crippen LogP contribution in [-0.4, -0.2) is 38.0 Å². The zero-order valence-electron chi connectivity index (χ0n) is 14.6. The predicted octanol–water partition coefficient (Wildman–Crippen LogP) is 2.36. The van der Waals surface area contributed by atoms with Gasteiger partial charge >= 0.3 is 0 Å². The van der Waals surface area contributed by atoms with Crippen LogP contribution < -0.4 is 5.56 Å². The van der Waals surface area contributed by atoms with E-state index in [1.54, 1.807) is 23.1 Å². The summed E-state index contributed by atoms with van der Waals surface area (Å²) in [5.41, 5.74) is -0.460. The molecule has 3 rings (SSSR count). The number of aromatic nitrogens is 2. The lowest BCUT2D eigenvalue weighted by atomic mass is 9.82. The van der Waals surface area contributed by atoms with Crippen molar-refractivity contribution in [3.63, 3.8) is 0 Å². The number of benzene rings is 1. The summed E-state index contributed by atoms with van der Waals surface area (Å²) in [5, 5.41) is 11.2. The highest BCUT2D eigenvalue weighted by Crippen LogP contribution is 2.31. The van der Waals surface area contributed by atoms with E-state index in [1.807, 2.05) is 13.0 Å². The first-order valence-corrected chi connectivity index (χ1v) is 8.99. The van der Waals surface area contributed by atoms with Crippen LogP contribution in [0.3, 0.4) is 0 Å². The minimum atomic E-state index is -0.882. The molecule has 1 saturated carbocycles. The molecule has 1 aromatic carbocycles. The molecule has 1 heterocycles. The maximum atomic E-state index is 12.6. The first-order valence-electron chi connectivity index (χ1n) is 8.99. The Labute approximate surface area is 146 Å². The number of amides is 1. The van der Waals surface area contributed by atoms with Crippen molar-refractivity contribution in [3.8, 4) is 0 Å². The average molecular weight is 343 g/mol. The summed E-state index contributed by atoms with van der Waals surface area (Å²) >= 11 is 0. The molecule has 6 heteroatoms. The molecule has 0 spiro atoms. The summed E-state index contributed by atoms with van der Waals surface area (Å²) in [6.07, 6.45) is 4.56. The Morgan fingerprint density at radius 2 is 2.00 bits per heavy atom. The lowest BCUT2D eigenvalue weighted by Gasteiger charge is -2.33. The third-order valence-corrected chi connectivity index (χ3v) is 5.00. The number of aromatic amines is 1. The SMILES string of the molecule is CCN(Cc1nc2ccccc2c(=O)[nH]1)C(=O)CC1(O)CCCCC1. The zero-order valence-corrected chi connectivity index (χ0v) is 14.6. The van der Waals surface area contributed by atoms with Gasteiger partial charge in [-0.15, -0.1) is 0 Å². The van der Waals surface area contributed by atoms with Crippen LogP contribution in [0.25, 0.3) is 10.9 Å². The molecule has 1 aliphatic carbocycles. The fraction of sp³-hybridized carbons (Fsp3) is 0.526. The van der Waals surface area contributed by atoms with Crippen molar-refractivity contribution in [1.29, 1.82) is 0 Å². The molecule has 0 radical (unpaired) electrons. The number of H-pyrrole nitrogens is 1. The highest BCUT2D eigenvalue weighted by atomic mass is 16.3. The quantitative estimate of drug-likeness (QED) is 0.872. The molecule has 0 bridgehead atoms. The van der Waals surface area contributed by atoms with Gasteiger partial charge in [0.15, 0.2) is 0 Å². The van der Waals surface area contributed by atoms with E-state index >= 15 is 0 Å². The van der Waals surface area contributed by atoms with Gasteiger partial charge in [0.1, 0.15) is 5.82 Å². The molecule has 2 aromatic rings. The summed E-state index contributed by atoms with van der Waals surface area (Å²) in [4.78, 5) is 33.7. The summed E-state index contributed by atoms with van der Waals surface area (Å²) in [7, 11) is 0. The van der Waals surface area contributed by atoms with Crippen LogP contribution >= 0.6 is 0 Å². The van der Waals surface area contributed by atoms with Crippen molar-refractivity contribution in [2.24, 2.45) is 0 Å². The number of carbonyl (C=O) groups excluding carboxylic acids is 1. The van der Waals surface area contributed by atoms with E-state index in [4.69, 9.17) is 0 Å². The minimum absolute atomic E-state index is 0.0947. The number of carbonyl (C=O) groups is 1. The highest BCUT2D eigenvalue weighted by Gasteiger charge is 2.33. The van der Waals surface area contributed by atoms with Gasteiger partial charge in [-0.05, 0) is 31.9 Å². The average Bonchev–Trinajstić information content (AvgIpc) is 2.60. The Kier molecular flexibility index (Phi) is 5.18. The van der Waals surface area contributed by atoms with Crippen molar-refractivity contribution in [2.75, 3.05) is 6.54 Å². The molecule has 0 aliphatic heterocycles. The van der Waals surface area contributed by atoms with Crippen molar-refractivity contribution in [1.82, 2.24) is 14.9 Å². The van der Waals surface area contributed by atoms with Crippen molar-refractivity contribution >= 4 is 16.8 Å². The molecular formula is C19H25N3O3. The molecule has 1 aliphatic rings. The lowest BCUT2D eigenvalue weighted by molar-refractivity contribution is -0.138. The third kappa shape index (κ3) is 4.07. The lowest BCUT2D eigenvalue weighted by Crippen LogP contribution is -2.40. The number of para-hydroxylation sites is 1. The topological polar surface area (TPSA) is 86.3 Å². The van der Waals surface area contributed by atoms with E-state index in [1.165, 1.54) is 0 Å². The van der Waals surface area contributed by atoms with E-state index in [0.717, 1.165) is 19.3 Å². The van der Waals surface area contributed by atoms with E-state index in [9.17, 15) is 14.7 Å². The molecular weight excluding hydrogens is 318 g/mol. The van der Waals surface area contributed by atoms with Crippen LogP contribution in [0.1, 0.15) is 51.3 Å². The molecule has 134 valence electrons. The van der Waals surface area contributed by atoms with Gasteiger partial charge in [-0.1, -0.05) is 31.4 Å². The second-order valence-electron chi connectivity index (χ2n) is 6.90. The smallest absolute Gasteiger partial charge is 0.258 e. The minimum Gasteiger partial charge on any atom is -0.389 e. The predicted molar refractivity (Wildman–Crippen MR) is 96.1 cm³/mol. The van der Waals surface area contributed by atoms with E-state index in [2.05, 4.69) is 9.97 Å². The van der Waals surface area contributed by atoms with Gasteiger partial charge in [-0.25, -0.2) is 4.98 Å². The molecule has 1 fully saturated rings. The number of hydrogen-bond donors (Lipinski definition) is 2. The fourth-order valence-electron chi connectivity index (χ4n) is 3.55. The first kappa shape index (κ1) is 17.6. The third-order valence-electron chi connectivity index (χ3n) is 5.00. The molecule has 6 nitrogen and oxygen atoms in total. The summed E-state index contributed by atoms with van der Waals surface area (Å²) in [6.45, 7) is 2.64. The maximum absolute atomic E-state index is 12.6. The number of aliphatic hydroxyl groups is 1. The molecule has 0 atom stereocenters. The molecule has 0 unspecified atom stereocenters. The van der Waals surface area contributed by atoms with Gasteiger partial charge < -0.3 is 15.0 Å². The van der Waals surface area contributed by atoms with Gasteiger partial charge in [0.2, 0.25) is 5.91 Å². The number of rotatable bonds is 5. The van der Waals surface area contributed by atoms with Crippen molar-refractivity contribution in [3.05, 3.63) is 40.4 Å². The van der Waals surface area contributed by atoms with Crippen LogP contribution in [0.2, 0.25) is 0 Å². The molecule has 25 heavy (non-hydrogen) atoms. The Hall–Kier alpha value is -2.21. The number of hydrogen-bond acceptors (Lipinski definition) is 4. The monoisotopic (exact) mass is 343 g/mol. The summed E-state index contributed by atoms with van der Waals surface area (Å²) in [5.74, 6) is 0.372. The molecule has 0 saturated heterocycles. The van der Waals surface area contributed by atoms with E-state index in [-0.39, 0.29) is 24.4 Å². The summed E-state index contributed by atoms with van der Waals surface area (Å²) < 4.78 is 0. The number of fused-ring (bicyclic) bond motifs is 1. The molecule has 1 amide bonds. The van der Waals surface area contributed by atoms with Crippen LogP contribution in [0.4, 0.5) is 0 Å². The Morgan fingerprint density at radius 3 is 2.72 bits per heavy atom. The van der Waals surface area contributed by atoms with Gasteiger partial charge in [-0.3, -0.25) is 9.59 Å². The van der Waals surface area contributed by atoms with Gasteiger partial charge in [0.05, 0.1) is 29.5 Å². The second-order valence-corrected chi connectivity index (χ2v) is 6.90. The maximum Gasteiger partial charge on any atom is 0.258 e. The van der Waals surface area contributed by atoms with Crippen molar-refractivity contribution in [2.45, 2.75) is 57.6 Å². The number of nitrogens with one attached hydrogen (secondary N) is 1. The van der Waals surface area contributed by atoms with E-state index < -0.39 is 5.60 Å². The first-order chi connectivity index (χ1) is 12.0. The van der Waals surface area contributed by atoms with Crippen LogP contribution in [0.15, 0.2) is 29.1 Å². The Bertz CT molecular complexity index is 809. The van der Waals surface area contributed by atoms with Gasteiger partial charge in [0.25, 0.3) is 5.56 Å². The van der Waals surface area contributed by atoms with Crippen LogP contribution in [0.5, 0.6) is 0 Å².